The van der Waals surface area contributed by atoms with Crippen molar-refractivity contribution in [2.24, 2.45) is 0 Å². The van der Waals surface area contributed by atoms with Crippen molar-refractivity contribution in [3.8, 4) is 5.75 Å². The predicted molar refractivity (Wildman–Crippen MR) is 115 cm³/mol. The van der Waals surface area contributed by atoms with Gasteiger partial charge in [0.15, 0.2) is 11.7 Å². The number of carbonyl (C=O) groups excluding carboxylic acids is 3. The topological polar surface area (TPSA) is 143 Å². The van der Waals surface area contributed by atoms with Gasteiger partial charge in [0.25, 0.3) is 0 Å². The number of amides is 2. The number of furan rings is 1. The number of esters is 1. The van der Waals surface area contributed by atoms with Crippen molar-refractivity contribution in [1.82, 2.24) is 30.8 Å². The van der Waals surface area contributed by atoms with Gasteiger partial charge < -0.3 is 19.4 Å². The first-order valence-electron chi connectivity index (χ1n) is 10.2. The fraction of sp³-hybridized carbons (Fsp3) is 0.333. The van der Waals surface area contributed by atoms with Gasteiger partial charge in [0.2, 0.25) is 11.8 Å². The number of aromatic nitrogens is 4. The van der Waals surface area contributed by atoms with E-state index in [4.69, 9.17) is 9.15 Å². The van der Waals surface area contributed by atoms with Gasteiger partial charge in [-0.1, -0.05) is 18.2 Å². The number of benzene rings is 1. The highest BCUT2D eigenvalue weighted by molar-refractivity contribution is 8.01. The summed E-state index contributed by atoms with van der Waals surface area (Å²) in [6.45, 7) is 3.97. The van der Waals surface area contributed by atoms with Crippen LogP contribution in [0.4, 0.5) is 0 Å². The molecule has 33 heavy (non-hydrogen) atoms. The SMILES string of the molecule is CC1(C)SC2C(NC(=O)C(C(=O)Oc3ccccc3)c3ccco3)C(=O)N2C1c1nnn[nH]1. The Balaban J connectivity index is 1.34. The second kappa shape index (κ2) is 8.03. The molecule has 1 aromatic carbocycles. The lowest BCUT2D eigenvalue weighted by Gasteiger charge is -2.44. The smallest absolute Gasteiger partial charge is 0.331 e. The Labute approximate surface area is 192 Å². The van der Waals surface area contributed by atoms with Gasteiger partial charge in [-0.25, -0.2) is 5.10 Å². The lowest BCUT2D eigenvalue weighted by molar-refractivity contribution is -0.153. The van der Waals surface area contributed by atoms with E-state index in [9.17, 15) is 14.4 Å². The van der Waals surface area contributed by atoms with Gasteiger partial charge in [-0.15, -0.1) is 16.9 Å². The molecule has 2 fully saturated rings. The molecule has 2 aliphatic heterocycles. The maximum atomic E-state index is 13.2. The minimum atomic E-state index is -1.37. The number of rotatable bonds is 6. The first-order chi connectivity index (χ1) is 15.9. The maximum absolute atomic E-state index is 13.2. The van der Waals surface area contributed by atoms with Crippen LogP contribution in [0.1, 0.15) is 37.4 Å². The van der Waals surface area contributed by atoms with E-state index in [0.29, 0.717) is 11.6 Å². The van der Waals surface area contributed by atoms with Gasteiger partial charge in [-0.05, 0) is 48.5 Å². The Morgan fingerprint density at radius 2 is 2.03 bits per heavy atom. The van der Waals surface area contributed by atoms with E-state index in [-0.39, 0.29) is 23.1 Å². The molecule has 2 saturated heterocycles. The summed E-state index contributed by atoms with van der Waals surface area (Å²) in [6, 6.07) is 10.4. The van der Waals surface area contributed by atoms with Crippen LogP contribution >= 0.6 is 11.8 Å². The normalized spacial score (nSPS) is 24.0. The fourth-order valence-corrected chi connectivity index (χ4v) is 5.82. The van der Waals surface area contributed by atoms with Crippen LogP contribution in [0.25, 0.3) is 0 Å². The van der Waals surface area contributed by atoms with Crippen LogP contribution < -0.4 is 10.1 Å². The molecule has 4 unspecified atom stereocenters. The van der Waals surface area contributed by atoms with Crippen molar-refractivity contribution in [3.63, 3.8) is 0 Å². The Hall–Kier alpha value is -3.67. The Bertz CT molecular complexity index is 1170. The van der Waals surface area contributed by atoms with Gasteiger partial charge in [0.1, 0.15) is 29.0 Å². The third kappa shape index (κ3) is 3.65. The van der Waals surface area contributed by atoms with E-state index in [0.717, 1.165) is 0 Å². The second-order valence-electron chi connectivity index (χ2n) is 8.22. The molecule has 3 aromatic rings. The summed E-state index contributed by atoms with van der Waals surface area (Å²) in [5, 5.41) is 16.3. The number of thioether (sulfide) groups is 1. The van der Waals surface area contributed by atoms with Gasteiger partial charge in [-0.3, -0.25) is 14.4 Å². The maximum Gasteiger partial charge on any atom is 0.331 e. The molecule has 0 bridgehead atoms. The molecule has 0 radical (unpaired) electrons. The van der Waals surface area contributed by atoms with Gasteiger partial charge in [0, 0.05) is 4.75 Å². The number of fused-ring (bicyclic) bond motifs is 1. The molecule has 5 rings (SSSR count). The van der Waals surface area contributed by atoms with E-state index in [1.54, 1.807) is 41.3 Å². The molecule has 0 spiro atoms. The van der Waals surface area contributed by atoms with Crippen LogP contribution in [0.15, 0.2) is 53.1 Å². The first-order valence-corrected chi connectivity index (χ1v) is 11.1. The fourth-order valence-electron chi connectivity index (χ4n) is 4.18. The van der Waals surface area contributed by atoms with Crippen LogP contribution in [0.3, 0.4) is 0 Å². The number of ether oxygens (including phenoxy) is 1. The van der Waals surface area contributed by atoms with Crippen LogP contribution in [-0.2, 0) is 14.4 Å². The molecule has 170 valence electrons. The third-order valence-corrected chi connectivity index (χ3v) is 7.22. The number of tetrazole rings is 1. The van der Waals surface area contributed by atoms with E-state index in [1.807, 2.05) is 13.8 Å². The van der Waals surface area contributed by atoms with Crippen LogP contribution in [-0.4, -0.2) is 59.5 Å². The molecule has 2 aliphatic rings. The number of β-lactam (4-membered cyclic amide) rings is 1. The summed E-state index contributed by atoms with van der Waals surface area (Å²) in [6.07, 6.45) is 1.37. The quantitative estimate of drug-likeness (QED) is 0.237. The molecular formula is C21H20N6O5S. The van der Waals surface area contributed by atoms with Crippen molar-refractivity contribution >= 4 is 29.5 Å². The Morgan fingerprint density at radius 1 is 1.24 bits per heavy atom. The average Bonchev–Trinajstić information content (AvgIpc) is 3.53. The number of H-pyrrole nitrogens is 1. The minimum Gasteiger partial charge on any atom is -0.468 e. The molecule has 4 heterocycles. The van der Waals surface area contributed by atoms with E-state index in [1.165, 1.54) is 24.1 Å². The Kier molecular flexibility index (Phi) is 5.16. The summed E-state index contributed by atoms with van der Waals surface area (Å²) < 4.78 is 10.3. The number of hydrogen-bond acceptors (Lipinski definition) is 9. The van der Waals surface area contributed by atoms with Crippen molar-refractivity contribution in [2.45, 2.75) is 42.0 Å². The van der Waals surface area contributed by atoms with Gasteiger partial charge >= 0.3 is 5.97 Å². The number of nitrogens with zero attached hydrogens (tertiary/aromatic N) is 4. The van der Waals surface area contributed by atoms with Crippen LogP contribution in [0.5, 0.6) is 5.75 Å². The van der Waals surface area contributed by atoms with Crippen molar-refractivity contribution in [3.05, 3.63) is 60.3 Å². The summed E-state index contributed by atoms with van der Waals surface area (Å²) in [5.74, 6) is -2.21. The minimum absolute atomic E-state index is 0.127. The second-order valence-corrected chi connectivity index (χ2v) is 9.99. The van der Waals surface area contributed by atoms with Crippen molar-refractivity contribution in [1.29, 1.82) is 0 Å². The molecule has 2 amide bonds. The molecule has 12 heteroatoms. The zero-order valence-corrected chi connectivity index (χ0v) is 18.5. The summed E-state index contributed by atoms with van der Waals surface area (Å²) in [7, 11) is 0. The summed E-state index contributed by atoms with van der Waals surface area (Å²) >= 11 is 1.53. The number of nitrogens with one attached hydrogen (secondary N) is 2. The molecule has 11 nitrogen and oxygen atoms in total. The van der Waals surface area contributed by atoms with E-state index >= 15 is 0 Å². The van der Waals surface area contributed by atoms with Gasteiger partial charge in [-0.2, -0.15) is 0 Å². The van der Waals surface area contributed by atoms with E-state index < -0.39 is 28.6 Å². The molecule has 2 aromatic heterocycles. The monoisotopic (exact) mass is 468 g/mol. The highest BCUT2D eigenvalue weighted by Crippen LogP contribution is 2.56. The lowest BCUT2D eigenvalue weighted by Crippen LogP contribution is -2.68. The van der Waals surface area contributed by atoms with Crippen molar-refractivity contribution < 1.29 is 23.5 Å². The zero-order chi connectivity index (χ0) is 23.2. The molecule has 0 aliphatic carbocycles. The largest absolute Gasteiger partial charge is 0.468 e. The number of para-hydroxylation sites is 1. The van der Waals surface area contributed by atoms with Crippen molar-refractivity contribution in [2.75, 3.05) is 0 Å². The average molecular weight is 468 g/mol. The molecule has 4 atom stereocenters. The molecular weight excluding hydrogens is 448 g/mol. The number of hydrogen-bond donors (Lipinski definition) is 2. The highest BCUT2D eigenvalue weighted by atomic mass is 32.2. The first kappa shape index (κ1) is 21.2. The van der Waals surface area contributed by atoms with Crippen LogP contribution in [0.2, 0.25) is 0 Å². The molecule has 0 saturated carbocycles. The standard InChI is InChI=1S/C21H20N6O5S/c1-21(2)15(16-23-25-26-24-16)27-18(29)14(19(27)33-21)22-17(28)13(12-9-6-10-31-12)20(30)32-11-7-4-3-5-8-11/h3-10,13-15,19H,1-2H3,(H,22,28)(H,23,24,25,26). The highest BCUT2D eigenvalue weighted by Gasteiger charge is 2.63. The summed E-state index contributed by atoms with van der Waals surface area (Å²) in [5.41, 5.74) is 0. The zero-order valence-electron chi connectivity index (χ0n) is 17.7. The molecule has 2 N–H and O–H groups in total. The van der Waals surface area contributed by atoms with E-state index in [2.05, 4.69) is 25.9 Å². The number of carbonyl (C=O) groups is 3. The van der Waals surface area contributed by atoms with Gasteiger partial charge in [0.05, 0.1) is 6.26 Å². The number of aromatic amines is 1. The van der Waals surface area contributed by atoms with Crippen LogP contribution in [0, 0.1) is 0 Å². The third-order valence-electron chi connectivity index (χ3n) is 5.65. The predicted octanol–water partition coefficient (Wildman–Crippen LogP) is 1.40. The lowest BCUT2D eigenvalue weighted by atomic mass is 9.95. The summed E-state index contributed by atoms with van der Waals surface area (Å²) in [4.78, 5) is 40.8. The Morgan fingerprint density at radius 3 is 2.70 bits per heavy atom.